The van der Waals surface area contributed by atoms with Crippen molar-refractivity contribution < 1.29 is 18.0 Å². The maximum absolute atomic E-state index is 13.0. The van der Waals surface area contributed by atoms with Crippen LogP contribution in [0.2, 0.25) is 0 Å². The van der Waals surface area contributed by atoms with Gasteiger partial charge in [-0.1, -0.05) is 12.1 Å². The summed E-state index contributed by atoms with van der Waals surface area (Å²) in [4.78, 5) is 13.7. The molecule has 1 fully saturated rings. The molecule has 7 heteroatoms. The number of nitrogens with one attached hydrogen (secondary N) is 1. The van der Waals surface area contributed by atoms with E-state index < -0.39 is 17.6 Å². The zero-order chi connectivity index (χ0) is 13.8. The van der Waals surface area contributed by atoms with E-state index in [1.165, 1.54) is 11.0 Å². The summed E-state index contributed by atoms with van der Waals surface area (Å²) in [7, 11) is 1.57. The molecule has 1 saturated heterocycles. The summed E-state index contributed by atoms with van der Waals surface area (Å²) in [6, 6.07) is 3.95. The number of benzene rings is 1. The molecule has 20 heavy (non-hydrogen) atoms. The SMILES string of the molecule is CN1C(=O)c2c(cccc2C(F)(F)F)[C@@H]2CNC[C@H]21.Cl. The highest BCUT2D eigenvalue weighted by molar-refractivity contribution is 5.99. The molecule has 2 aliphatic heterocycles. The fraction of sp³-hybridized carbons (Fsp3) is 0.462. The molecule has 2 aliphatic rings. The standard InChI is InChI=1S/C13H13F3N2O.ClH/c1-18-10-6-17-5-8(10)7-3-2-4-9(13(14,15)16)11(7)12(18)19;/h2-4,8,10,17H,5-6H2,1H3;1H/t8-,10+;/m0./s1. The van der Waals surface area contributed by atoms with Gasteiger partial charge in [0.25, 0.3) is 5.91 Å². The minimum Gasteiger partial charge on any atom is -0.337 e. The smallest absolute Gasteiger partial charge is 0.337 e. The molecule has 1 aromatic rings. The Balaban J connectivity index is 0.00000147. The highest BCUT2D eigenvalue weighted by Gasteiger charge is 2.45. The summed E-state index contributed by atoms with van der Waals surface area (Å²) in [6.45, 7) is 1.24. The summed E-state index contributed by atoms with van der Waals surface area (Å²) in [6.07, 6.45) is -4.50. The highest BCUT2D eigenvalue weighted by atomic mass is 35.5. The third-order valence-electron chi connectivity index (χ3n) is 4.02. The second-order valence-corrected chi connectivity index (χ2v) is 5.02. The molecule has 3 nitrogen and oxygen atoms in total. The highest BCUT2D eigenvalue weighted by Crippen LogP contribution is 2.41. The summed E-state index contributed by atoms with van der Waals surface area (Å²) in [5, 5.41) is 3.14. The molecule has 3 rings (SSSR count). The van der Waals surface area contributed by atoms with Gasteiger partial charge in [0.2, 0.25) is 0 Å². The van der Waals surface area contributed by atoms with Gasteiger partial charge in [0.15, 0.2) is 0 Å². The lowest BCUT2D eigenvalue weighted by molar-refractivity contribution is -0.138. The molecule has 0 aliphatic carbocycles. The van der Waals surface area contributed by atoms with Crippen molar-refractivity contribution in [1.29, 1.82) is 0 Å². The van der Waals surface area contributed by atoms with Crippen molar-refractivity contribution in [1.82, 2.24) is 10.2 Å². The lowest BCUT2D eigenvalue weighted by atomic mass is 9.83. The number of nitrogens with zero attached hydrogens (tertiary/aromatic N) is 1. The lowest BCUT2D eigenvalue weighted by Gasteiger charge is -2.36. The van der Waals surface area contributed by atoms with Crippen molar-refractivity contribution in [3.63, 3.8) is 0 Å². The van der Waals surface area contributed by atoms with Crippen LogP contribution in [0.1, 0.15) is 27.4 Å². The van der Waals surface area contributed by atoms with Gasteiger partial charge in [0.05, 0.1) is 17.2 Å². The maximum atomic E-state index is 13.0. The molecule has 0 aromatic heterocycles. The second kappa shape index (κ2) is 4.93. The molecular weight excluding hydrogens is 293 g/mol. The average molecular weight is 307 g/mol. The van der Waals surface area contributed by atoms with Gasteiger partial charge in [-0.15, -0.1) is 12.4 Å². The minimum atomic E-state index is -4.50. The number of amides is 1. The molecule has 1 N–H and O–H groups in total. The van der Waals surface area contributed by atoms with Gasteiger partial charge in [0.1, 0.15) is 0 Å². The van der Waals surface area contributed by atoms with Crippen LogP contribution in [0.5, 0.6) is 0 Å². The van der Waals surface area contributed by atoms with E-state index in [-0.39, 0.29) is 29.9 Å². The van der Waals surface area contributed by atoms with Crippen molar-refractivity contribution in [2.45, 2.75) is 18.1 Å². The molecule has 1 amide bonds. The van der Waals surface area contributed by atoms with E-state index >= 15 is 0 Å². The number of hydrogen-bond acceptors (Lipinski definition) is 2. The third kappa shape index (κ3) is 2.07. The molecule has 2 heterocycles. The van der Waals surface area contributed by atoms with E-state index in [1.807, 2.05) is 0 Å². The zero-order valence-corrected chi connectivity index (χ0v) is 11.5. The van der Waals surface area contributed by atoms with E-state index in [4.69, 9.17) is 0 Å². The van der Waals surface area contributed by atoms with E-state index in [0.717, 1.165) is 6.07 Å². The zero-order valence-electron chi connectivity index (χ0n) is 10.7. The first-order valence-electron chi connectivity index (χ1n) is 6.09. The van der Waals surface area contributed by atoms with Crippen LogP contribution in [0.4, 0.5) is 13.2 Å². The molecule has 0 spiro atoms. The van der Waals surface area contributed by atoms with Crippen LogP contribution in [0, 0.1) is 0 Å². The lowest BCUT2D eigenvalue weighted by Crippen LogP contribution is -2.46. The Hall–Kier alpha value is -1.27. The Bertz CT molecular complexity index is 547. The van der Waals surface area contributed by atoms with E-state index in [1.54, 1.807) is 13.1 Å². The van der Waals surface area contributed by atoms with E-state index in [2.05, 4.69) is 5.32 Å². The van der Waals surface area contributed by atoms with Crippen molar-refractivity contribution in [2.24, 2.45) is 0 Å². The number of fused-ring (bicyclic) bond motifs is 3. The first kappa shape index (κ1) is 15.1. The van der Waals surface area contributed by atoms with Crippen LogP contribution >= 0.6 is 12.4 Å². The Labute approximate surface area is 120 Å². The van der Waals surface area contributed by atoms with Gasteiger partial charge < -0.3 is 10.2 Å². The second-order valence-electron chi connectivity index (χ2n) is 5.02. The average Bonchev–Trinajstić information content (AvgIpc) is 2.83. The Morgan fingerprint density at radius 1 is 1.30 bits per heavy atom. The Morgan fingerprint density at radius 3 is 2.65 bits per heavy atom. The summed E-state index contributed by atoms with van der Waals surface area (Å²) in [5.74, 6) is -0.590. The molecule has 0 unspecified atom stereocenters. The first-order valence-corrected chi connectivity index (χ1v) is 6.09. The summed E-state index contributed by atoms with van der Waals surface area (Å²) < 4.78 is 39.1. The Morgan fingerprint density at radius 2 is 2.00 bits per heavy atom. The quantitative estimate of drug-likeness (QED) is 0.797. The van der Waals surface area contributed by atoms with Gasteiger partial charge in [-0.3, -0.25) is 4.79 Å². The topological polar surface area (TPSA) is 32.3 Å². The predicted octanol–water partition coefficient (Wildman–Crippen LogP) is 2.27. The minimum absolute atomic E-state index is 0. The first-order chi connectivity index (χ1) is 8.91. The fourth-order valence-corrected chi connectivity index (χ4v) is 3.07. The third-order valence-corrected chi connectivity index (χ3v) is 4.02. The molecule has 1 aromatic carbocycles. The van der Waals surface area contributed by atoms with Crippen molar-refractivity contribution in [3.8, 4) is 0 Å². The molecule has 110 valence electrons. The Kier molecular flexibility index (Phi) is 3.73. The van der Waals surface area contributed by atoms with Gasteiger partial charge in [-0.25, -0.2) is 0 Å². The number of alkyl halides is 3. The molecule has 0 saturated carbocycles. The molecule has 0 radical (unpaired) electrons. The molecular formula is C13H14ClF3N2O. The van der Waals surface area contributed by atoms with Crippen LogP contribution in [0.15, 0.2) is 18.2 Å². The normalized spacial score (nSPS) is 25.0. The van der Waals surface area contributed by atoms with Gasteiger partial charge in [-0.05, 0) is 11.6 Å². The van der Waals surface area contributed by atoms with Gasteiger partial charge in [-0.2, -0.15) is 13.2 Å². The van der Waals surface area contributed by atoms with Gasteiger partial charge >= 0.3 is 6.18 Å². The van der Waals surface area contributed by atoms with Crippen molar-refractivity contribution in [2.75, 3.05) is 20.1 Å². The number of likely N-dealkylation sites (N-methyl/N-ethyl adjacent to an activating group) is 1. The van der Waals surface area contributed by atoms with Crippen LogP contribution < -0.4 is 5.32 Å². The largest absolute Gasteiger partial charge is 0.417 e. The van der Waals surface area contributed by atoms with Crippen molar-refractivity contribution in [3.05, 3.63) is 34.9 Å². The molecule has 2 atom stereocenters. The van der Waals surface area contributed by atoms with Crippen LogP contribution in [-0.4, -0.2) is 37.0 Å². The number of carbonyl (C=O) groups excluding carboxylic acids is 1. The number of hydrogen-bond donors (Lipinski definition) is 1. The number of rotatable bonds is 0. The van der Waals surface area contributed by atoms with Gasteiger partial charge in [0, 0.05) is 26.1 Å². The van der Waals surface area contributed by atoms with Crippen molar-refractivity contribution >= 4 is 18.3 Å². The van der Waals surface area contributed by atoms with E-state index in [0.29, 0.717) is 18.7 Å². The maximum Gasteiger partial charge on any atom is 0.417 e. The summed E-state index contributed by atoms with van der Waals surface area (Å²) >= 11 is 0. The predicted molar refractivity (Wildman–Crippen MR) is 70.2 cm³/mol. The monoisotopic (exact) mass is 306 g/mol. The van der Waals surface area contributed by atoms with Crippen LogP contribution in [-0.2, 0) is 6.18 Å². The molecule has 0 bridgehead atoms. The van der Waals surface area contributed by atoms with E-state index in [9.17, 15) is 18.0 Å². The number of halogens is 4. The van der Waals surface area contributed by atoms with Crippen LogP contribution in [0.3, 0.4) is 0 Å². The number of carbonyl (C=O) groups is 1. The van der Waals surface area contributed by atoms with Crippen LogP contribution in [0.25, 0.3) is 0 Å². The fourth-order valence-electron chi connectivity index (χ4n) is 3.07. The summed E-state index contributed by atoms with van der Waals surface area (Å²) in [5.41, 5.74) is -0.484.